The van der Waals surface area contributed by atoms with E-state index in [2.05, 4.69) is 15.9 Å². The van der Waals surface area contributed by atoms with Crippen molar-refractivity contribution in [1.82, 2.24) is 0 Å². The highest BCUT2D eigenvalue weighted by Gasteiger charge is 2.17. The van der Waals surface area contributed by atoms with Crippen LogP contribution in [0.25, 0.3) is 0 Å². The molecule has 0 fully saturated rings. The summed E-state index contributed by atoms with van der Waals surface area (Å²) in [5.74, 6) is 0. The van der Waals surface area contributed by atoms with Gasteiger partial charge in [0.15, 0.2) is 0 Å². The Labute approximate surface area is 125 Å². The lowest BCUT2D eigenvalue weighted by molar-refractivity contribution is -0.385. The quantitative estimate of drug-likeness (QED) is 0.680. The predicted octanol–water partition coefficient (Wildman–Crippen LogP) is 4.02. The lowest BCUT2D eigenvalue weighted by Crippen LogP contribution is -2.14. The van der Waals surface area contributed by atoms with E-state index in [1.807, 2.05) is 38.1 Å². The zero-order valence-electron chi connectivity index (χ0n) is 11.3. The topological polar surface area (TPSA) is 69.2 Å². The lowest BCUT2D eigenvalue weighted by atomic mass is 9.93. The fraction of sp³-hybridized carbons (Fsp3) is 0.200. The number of nitrogens with zero attached hydrogens (tertiary/aromatic N) is 1. The Morgan fingerprint density at radius 1 is 1.20 bits per heavy atom. The Kier molecular flexibility index (Phi) is 4.20. The number of rotatable bonds is 3. The molecule has 104 valence electrons. The van der Waals surface area contributed by atoms with Crippen LogP contribution in [-0.2, 0) is 0 Å². The van der Waals surface area contributed by atoms with Gasteiger partial charge in [-0.25, -0.2) is 0 Å². The van der Waals surface area contributed by atoms with Crippen molar-refractivity contribution < 1.29 is 4.92 Å². The molecule has 0 aliphatic heterocycles. The molecule has 0 aliphatic carbocycles. The molecule has 0 saturated heterocycles. The lowest BCUT2D eigenvalue weighted by Gasteiger charge is -2.17. The molecule has 0 radical (unpaired) electrons. The number of halogens is 1. The summed E-state index contributed by atoms with van der Waals surface area (Å²) >= 11 is 3.38. The van der Waals surface area contributed by atoms with Gasteiger partial charge in [-0.05, 0) is 48.2 Å². The van der Waals surface area contributed by atoms with E-state index in [1.165, 1.54) is 0 Å². The number of aryl methyl sites for hydroxylation is 1. The fourth-order valence-electron chi connectivity index (χ4n) is 2.15. The van der Waals surface area contributed by atoms with E-state index in [4.69, 9.17) is 5.73 Å². The summed E-state index contributed by atoms with van der Waals surface area (Å²) in [7, 11) is 0. The summed E-state index contributed by atoms with van der Waals surface area (Å²) < 4.78 is 0.973. The van der Waals surface area contributed by atoms with Gasteiger partial charge in [0, 0.05) is 16.6 Å². The summed E-state index contributed by atoms with van der Waals surface area (Å²) in [6, 6.07) is 10.4. The number of benzene rings is 2. The van der Waals surface area contributed by atoms with Gasteiger partial charge in [-0.3, -0.25) is 10.1 Å². The third-order valence-corrected chi connectivity index (χ3v) is 4.00. The van der Waals surface area contributed by atoms with E-state index >= 15 is 0 Å². The van der Waals surface area contributed by atoms with Gasteiger partial charge in [0.1, 0.15) is 0 Å². The van der Waals surface area contributed by atoms with Crippen molar-refractivity contribution >= 4 is 21.6 Å². The fourth-order valence-corrected chi connectivity index (χ4v) is 2.41. The standard InChI is InChI=1S/C15H15BrN2O2/c1-9-7-13(18(19)20)8-14(10(9)2)15(17)11-3-5-12(16)6-4-11/h3-8,15H,17H2,1-2H3. The molecule has 2 N–H and O–H groups in total. The SMILES string of the molecule is Cc1cc([N+](=O)[O-])cc(C(N)c2ccc(Br)cc2)c1C. The van der Waals surface area contributed by atoms with Gasteiger partial charge in [0.25, 0.3) is 5.69 Å². The first-order valence-electron chi connectivity index (χ1n) is 6.16. The van der Waals surface area contributed by atoms with Crippen molar-refractivity contribution in [3.8, 4) is 0 Å². The number of nitrogens with two attached hydrogens (primary N) is 1. The molecule has 20 heavy (non-hydrogen) atoms. The minimum Gasteiger partial charge on any atom is -0.320 e. The summed E-state index contributed by atoms with van der Waals surface area (Å²) in [6.07, 6.45) is 0. The average Bonchev–Trinajstić information content (AvgIpc) is 2.41. The van der Waals surface area contributed by atoms with Crippen molar-refractivity contribution in [1.29, 1.82) is 0 Å². The first-order valence-corrected chi connectivity index (χ1v) is 6.96. The molecule has 0 saturated carbocycles. The number of nitro benzene ring substituents is 1. The molecule has 0 aromatic heterocycles. The molecule has 5 heteroatoms. The summed E-state index contributed by atoms with van der Waals surface area (Å²) in [5, 5.41) is 11.0. The van der Waals surface area contributed by atoms with Crippen LogP contribution in [0, 0.1) is 24.0 Å². The maximum atomic E-state index is 11.0. The molecule has 1 atom stereocenters. The van der Waals surface area contributed by atoms with E-state index in [1.54, 1.807) is 12.1 Å². The van der Waals surface area contributed by atoms with Crippen molar-refractivity contribution in [3.63, 3.8) is 0 Å². The Morgan fingerprint density at radius 2 is 1.80 bits per heavy atom. The van der Waals surface area contributed by atoms with Gasteiger partial charge in [-0.1, -0.05) is 28.1 Å². The van der Waals surface area contributed by atoms with Crippen molar-refractivity contribution in [2.24, 2.45) is 5.73 Å². The van der Waals surface area contributed by atoms with E-state index < -0.39 is 0 Å². The van der Waals surface area contributed by atoms with Gasteiger partial charge in [0.2, 0.25) is 0 Å². The Morgan fingerprint density at radius 3 is 2.35 bits per heavy atom. The van der Waals surface area contributed by atoms with Crippen LogP contribution >= 0.6 is 15.9 Å². The van der Waals surface area contributed by atoms with Gasteiger partial charge in [-0.15, -0.1) is 0 Å². The molecule has 0 amide bonds. The molecule has 1 unspecified atom stereocenters. The van der Waals surface area contributed by atoms with Crippen LogP contribution in [0.5, 0.6) is 0 Å². The molecular weight excluding hydrogens is 320 g/mol. The minimum absolute atomic E-state index is 0.0793. The molecule has 2 aromatic carbocycles. The van der Waals surface area contributed by atoms with Crippen LogP contribution in [0.4, 0.5) is 5.69 Å². The third kappa shape index (κ3) is 2.89. The van der Waals surface area contributed by atoms with Crippen LogP contribution in [0.1, 0.15) is 28.3 Å². The smallest absolute Gasteiger partial charge is 0.270 e. The molecule has 0 spiro atoms. The highest BCUT2D eigenvalue weighted by Crippen LogP contribution is 2.29. The molecule has 4 nitrogen and oxygen atoms in total. The van der Waals surface area contributed by atoms with E-state index in [0.29, 0.717) is 0 Å². The molecule has 2 aromatic rings. The number of nitro groups is 1. The summed E-state index contributed by atoms with van der Waals surface area (Å²) in [4.78, 5) is 10.6. The molecule has 0 heterocycles. The first kappa shape index (κ1) is 14.7. The van der Waals surface area contributed by atoms with Crippen molar-refractivity contribution in [2.45, 2.75) is 19.9 Å². The summed E-state index contributed by atoms with van der Waals surface area (Å²) in [5.41, 5.74) is 9.93. The maximum absolute atomic E-state index is 11.0. The Balaban J connectivity index is 2.50. The van der Waals surface area contributed by atoms with Crippen molar-refractivity contribution in [3.05, 3.63) is 73.2 Å². The van der Waals surface area contributed by atoms with Crippen LogP contribution < -0.4 is 5.73 Å². The highest BCUT2D eigenvalue weighted by atomic mass is 79.9. The number of hydrogen-bond acceptors (Lipinski definition) is 3. The number of hydrogen-bond donors (Lipinski definition) is 1. The highest BCUT2D eigenvalue weighted by molar-refractivity contribution is 9.10. The van der Waals surface area contributed by atoms with E-state index in [0.717, 1.165) is 26.7 Å². The monoisotopic (exact) mass is 334 g/mol. The number of non-ortho nitro benzene ring substituents is 1. The third-order valence-electron chi connectivity index (χ3n) is 3.47. The zero-order chi connectivity index (χ0) is 14.9. The second kappa shape index (κ2) is 5.73. The van der Waals surface area contributed by atoms with E-state index in [-0.39, 0.29) is 16.7 Å². The van der Waals surface area contributed by atoms with Gasteiger partial charge >= 0.3 is 0 Å². The van der Waals surface area contributed by atoms with Crippen LogP contribution in [0.15, 0.2) is 40.9 Å². The second-order valence-electron chi connectivity index (χ2n) is 4.76. The van der Waals surface area contributed by atoms with E-state index in [9.17, 15) is 10.1 Å². The van der Waals surface area contributed by atoms with Crippen LogP contribution in [0.2, 0.25) is 0 Å². The van der Waals surface area contributed by atoms with Gasteiger partial charge in [-0.2, -0.15) is 0 Å². The predicted molar refractivity (Wildman–Crippen MR) is 82.7 cm³/mol. The molecule has 0 aliphatic rings. The summed E-state index contributed by atoms with van der Waals surface area (Å²) in [6.45, 7) is 3.80. The zero-order valence-corrected chi connectivity index (χ0v) is 12.8. The average molecular weight is 335 g/mol. The second-order valence-corrected chi connectivity index (χ2v) is 5.68. The Hall–Kier alpha value is -1.72. The Bertz CT molecular complexity index is 654. The van der Waals surface area contributed by atoms with Crippen LogP contribution in [-0.4, -0.2) is 4.92 Å². The molecule has 2 rings (SSSR count). The van der Waals surface area contributed by atoms with Crippen molar-refractivity contribution in [2.75, 3.05) is 0 Å². The van der Waals surface area contributed by atoms with Gasteiger partial charge in [0.05, 0.1) is 11.0 Å². The first-order chi connectivity index (χ1) is 9.40. The molecular formula is C15H15BrN2O2. The normalized spacial score (nSPS) is 12.2. The largest absolute Gasteiger partial charge is 0.320 e. The maximum Gasteiger partial charge on any atom is 0.270 e. The van der Waals surface area contributed by atoms with Crippen LogP contribution in [0.3, 0.4) is 0 Å². The van der Waals surface area contributed by atoms with Gasteiger partial charge < -0.3 is 5.73 Å². The minimum atomic E-state index is -0.385. The molecule has 0 bridgehead atoms.